The van der Waals surface area contributed by atoms with Crippen LogP contribution in [0.25, 0.3) is 11.4 Å². The van der Waals surface area contributed by atoms with E-state index in [0.29, 0.717) is 11.1 Å². The molecule has 3 rings (SSSR count). The van der Waals surface area contributed by atoms with Gasteiger partial charge in [-0.15, -0.1) is 0 Å². The Morgan fingerprint density at radius 3 is 2.79 bits per heavy atom. The summed E-state index contributed by atoms with van der Waals surface area (Å²) in [5.41, 5.74) is -1.14. The molecule has 0 radical (unpaired) electrons. The van der Waals surface area contributed by atoms with Crippen molar-refractivity contribution in [3.05, 3.63) is 73.8 Å². The lowest BCUT2D eigenvalue weighted by molar-refractivity contribution is -0.386. The first-order valence-corrected chi connectivity index (χ1v) is 7.86. The Bertz CT molecular complexity index is 1140. The molecule has 0 saturated carbocycles. The van der Waals surface area contributed by atoms with Gasteiger partial charge in [-0.1, -0.05) is 17.3 Å². The highest BCUT2D eigenvalue weighted by molar-refractivity contribution is 5.89. The summed E-state index contributed by atoms with van der Waals surface area (Å²) in [5.74, 6) is -1.27. The zero-order valence-corrected chi connectivity index (χ0v) is 14.7. The van der Waals surface area contributed by atoms with Gasteiger partial charge < -0.3 is 9.26 Å². The number of rotatable bonds is 5. The third-order valence-corrected chi connectivity index (χ3v) is 3.89. The van der Waals surface area contributed by atoms with E-state index in [-0.39, 0.29) is 23.8 Å². The van der Waals surface area contributed by atoms with Gasteiger partial charge in [-0.25, -0.2) is 9.18 Å². The van der Waals surface area contributed by atoms with Gasteiger partial charge in [0.2, 0.25) is 11.7 Å². The number of carbonyl (C=O) groups excluding carboxylic acids is 1. The second-order valence-electron chi connectivity index (χ2n) is 5.77. The molecule has 0 spiro atoms. The number of aromatic nitrogens is 3. The van der Waals surface area contributed by atoms with Crippen molar-refractivity contribution in [3.8, 4) is 11.4 Å². The second kappa shape index (κ2) is 7.39. The van der Waals surface area contributed by atoms with Crippen molar-refractivity contribution < 1.29 is 23.4 Å². The SMILES string of the molecule is COC(=O)c1cc([N+](=O)[O-])c(=O)n(Cc2nc(-c3ccc(C)c(F)c3)no2)c1. The quantitative estimate of drug-likeness (QED) is 0.369. The molecule has 0 aliphatic carbocycles. The van der Waals surface area contributed by atoms with Gasteiger partial charge in [0.1, 0.15) is 12.4 Å². The molecule has 0 amide bonds. The Labute approximate surface area is 156 Å². The largest absolute Gasteiger partial charge is 0.465 e. The molecule has 0 N–H and O–H groups in total. The molecule has 0 unspecified atom stereocenters. The molecule has 3 aromatic rings. The number of ether oxygens (including phenoxy) is 1. The van der Waals surface area contributed by atoms with E-state index in [0.717, 1.165) is 23.9 Å². The van der Waals surface area contributed by atoms with Crippen LogP contribution in [0.2, 0.25) is 0 Å². The van der Waals surface area contributed by atoms with Crippen molar-refractivity contribution >= 4 is 11.7 Å². The van der Waals surface area contributed by atoms with Crippen LogP contribution in [-0.2, 0) is 11.3 Å². The average molecular weight is 388 g/mol. The number of nitro groups is 1. The Hall–Kier alpha value is -3.89. The van der Waals surface area contributed by atoms with Gasteiger partial charge >= 0.3 is 17.2 Å². The maximum atomic E-state index is 13.7. The smallest absolute Gasteiger partial charge is 0.339 e. The Morgan fingerprint density at radius 2 is 2.14 bits per heavy atom. The Morgan fingerprint density at radius 1 is 1.39 bits per heavy atom. The first-order chi connectivity index (χ1) is 13.3. The fourth-order valence-corrected chi connectivity index (χ4v) is 2.41. The van der Waals surface area contributed by atoms with Crippen LogP contribution < -0.4 is 5.56 Å². The average Bonchev–Trinajstić information content (AvgIpc) is 3.13. The van der Waals surface area contributed by atoms with Crippen LogP contribution in [0.15, 0.2) is 39.8 Å². The standard InChI is InChI=1S/C17H13FN4O6/c1-9-3-4-10(5-12(9)18)15-19-14(28-20-15)8-21-7-11(17(24)27-2)6-13(16(21)23)22(25)26/h3-7H,8H2,1-2H3. The predicted molar refractivity (Wildman–Crippen MR) is 92.2 cm³/mol. The zero-order chi connectivity index (χ0) is 20.4. The zero-order valence-electron chi connectivity index (χ0n) is 14.7. The monoisotopic (exact) mass is 388 g/mol. The lowest BCUT2D eigenvalue weighted by Gasteiger charge is -2.05. The van der Waals surface area contributed by atoms with Crippen molar-refractivity contribution in [1.29, 1.82) is 0 Å². The second-order valence-corrected chi connectivity index (χ2v) is 5.77. The van der Waals surface area contributed by atoms with Crippen LogP contribution in [0.1, 0.15) is 21.8 Å². The minimum absolute atomic E-state index is 0.0607. The normalized spacial score (nSPS) is 10.7. The van der Waals surface area contributed by atoms with Crippen LogP contribution in [0, 0.1) is 22.9 Å². The summed E-state index contributed by atoms with van der Waals surface area (Å²) in [6.07, 6.45) is 1.09. The predicted octanol–water partition coefficient (Wildman–Crippen LogP) is 2.09. The fraction of sp³-hybridized carbons (Fsp3) is 0.176. The summed E-state index contributed by atoms with van der Waals surface area (Å²) >= 11 is 0. The van der Waals surface area contributed by atoms with Gasteiger partial charge in [-0.3, -0.25) is 19.5 Å². The van der Waals surface area contributed by atoms with Crippen molar-refractivity contribution in [2.75, 3.05) is 7.11 Å². The minimum atomic E-state index is -0.959. The number of hydrogen-bond donors (Lipinski definition) is 0. The number of esters is 1. The first kappa shape index (κ1) is 18.9. The van der Waals surface area contributed by atoms with E-state index in [4.69, 9.17) is 4.52 Å². The molecule has 0 fully saturated rings. The summed E-state index contributed by atoms with van der Waals surface area (Å²) in [4.78, 5) is 38.2. The van der Waals surface area contributed by atoms with Crippen LogP contribution in [-0.4, -0.2) is 32.7 Å². The molecule has 2 aromatic heterocycles. The number of methoxy groups -OCH3 is 1. The molecule has 10 nitrogen and oxygen atoms in total. The number of pyridine rings is 1. The highest BCUT2D eigenvalue weighted by Gasteiger charge is 2.21. The number of carbonyl (C=O) groups is 1. The minimum Gasteiger partial charge on any atom is -0.465 e. The third kappa shape index (κ3) is 3.63. The van der Waals surface area contributed by atoms with E-state index in [1.165, 1.54) is 6.07 Å². The van der Waals surface area contributed by atoms with E-state index < -0.39 is 28.0 Å². The summed E-state index contributed by atoms with van der Waals surface area (Å²) in [6.45, 7) is 1.28. The van der Waals surface area contributed by atoms with Gasteiger partial charge in [-0.05, 0) is 18.6 Å². The summed E-state index contributed by atoms with van der Waals surface area (Å²) < 4.78 is 24.2. The molecule has 1 aromatic carbocycles. The topological polar surface area (TPSA) is 130 Å². The number of hydrogen-bond acceptors (Lipinski definition) is 8. The fourth-order valence-electron chi connectivity index (χ4n) is 2.41. The van der Waals surface area contributed by atoms with Crippen LogP contribution in [0.4, 0.5) is 10.1 Å². The molecule has 0 atom stereocenters. The van der Waals surface area contributed by atoms with Crippen LogP contribution >= 0.6 is 0 Å². The number of halogens is 1. The van der Waals surface area contributed by atoms with Crippen molar-refractivity contribution in [2.24, 2.45) is 0 Å². The molecule has 0 saturated heterocycles. The molecule has 28 heavy (non-hydrogen) atoms. The van der Waals surface area contributed by atoms with Gasteiger partial charge in [-0.2, -0.15) is 4.98 Å². The number of benzene rings is 1. The van der Waals surface area contributed by atoms with Crippen molar-refractivity contribution in [2.45, 2.75) is 13.5 Å². The molecule has 11 heteroatoms. The molecule has 0 aliphatic rings. The van der Waals surface area contributed by atoms with Gasteiger partial charge in [0.15, 0.2) is 0 Å². The maximum absolute atomic E-state index is 13.7. The molecule has 0 bridgehead atoms. The number of aryl methyl sites for hydroxylation is 1. The summed E-state index contributed by atoms with van der Waals surface area (Å²) in [5, 5.41) is 14.8. The Balaban J connectivity index is 1.97. The summed E-state index contributed by atoms with van der Waals surface area (Å²) in [6, 6.07) is 5.22. The van der Waals surface area contributed by atoms with Gasteiger partial charge in [0, 0.05) is 17.8 Å². The number of nitrogens with zero attached hydrogens (tertiary/aromatic N) is 4. The lowest BCUT2D eigenvalue weighted by atomic mass is 10.1. The molecule has 0 aliphatic heterocycles. The molecule has 2 heterocycles. The molecule has 144 valence electrons. The first-order valence-electron chi connectivity index (χ1n) is 7.86. The maximum Gasteiger partial charge on any atom is 0.339 e. The highest BCUT2D eigenvalue weighted by Crippen LogP contribution is 2.19. The Kier molecular flexibility index (Phi) is 4.98. The van der Waals surface area contributed by atoms with E-state index in [2.05, 4.69) is 14.9 Å². The van der Waals surface area contributed by atoms with E-state index in [1.807, 2.05) is 0 Å². The lowest BCUT2D eigenvalue weighted by Crippen LogP contribution is -2.24. The summed E-state index contributed by atoms with van der Waals surface area (Å²) in [7, 11) is 1.11. The van der Waals surface area contributed by atoms with Gasteiger partial charge in [0.25, 0.3) is 0 Å². The third-order valence-electron chi connectivity index (χ3n) is 3.89. The highest BCUT2D eigenvalue weighted by atomic mass is 19.1. The van der Waals surface area contributed by atoms with Crippen molar-refractivity contribution in [1.82, 2.24) is 14.7 Å². The van der Waals surface area contributed by atoms with E-state index >= 15 is 0 Å². The van der Waals surface area contributed by atoms with E-state index in [9.17, 15) is 24.1 Å². The van der Waals surface area contributed by atoms with Crippen LogP contribution in [0.5, 0.6) is 0 Å². The van der Waals surface area contributed by atoms with Crippen LogP contribution in [0.3, 0.4) is 0 Å². The molecular weight excluding hydrogens is 375 g/mol. The van der Waals surface area contributed by atoms with Crippen molar-refractivity contribution in [3.63, 3.8) is 0 Å². The molecular formula is C17H13FN4O6. The van der Waals surface area contributed by atoms with Gasteiger partial charge in [0.05, 0.1) is 17.6 Å². The van der Waals surface area contributed by atoms with E-state index in [1.54, 1.807) is 19.1 Å².